The van der Waals surface area contributed by atoms with E-state index in [9.17, 15) is 8.42 Å². The lowest BCUT2D eigenvalue weighted by molar-refractivity contribution is 0.0102. The Morgan fingerprint density at radius 2 is 1.79 bits per heavy atom. The lowest BCUT2D eigenvalue weighted by Crippen LogP contribution is -2.44. The van der Waals surface area contributed by atoms with Gasteiger partial charge in [0.15, 0.2) is 0 Å². The van der Waals surface area contributed by atoms with E-state index in [1.165, 1.54) is 4.31 Å². The van der Waals surface area contributed by atoms with Crippen LogP contribution in [0.1, 0.15) is 26.3 Å². The summed E-state index contributed by atoms with van der Waals surface area (Å²) < 4.78 is 31.5. The zero-order valence-corrected chi connectivity index (χ0v) is 12.9. The molecule has 1 saturated heterocycles. The van der Waals surface area contributed by atoms with Crippen molar-refractivity contribution in [2.24, 2.45) is 0 Å². The molecule has 1 heterocycles. The molecule has 4 nitrogen and oxygen atoms in total. The van der Waals surface area contributed by atoms with Crippen LogP contribution in [0.5, 0.6) is 0 Å². The number of rotatable bonds is 2. The van der Waals surface area contributed by atoms with E-state index in [2.05, 4.69) is 0 Å². The van der Waals surface area contributed by atoms with Crippen LogP contribution in [-0.2, 0) is 14.8 Å². The van der Waals surface area contributed by atoms with Crippen molar-refractivity contribution in [3.05, 3.63) is 29.8 Å². The third-order valence-electron chi connectivity index (χ3n) is 2.86. The maximum Gasteiger partial charge on any atom is 0.243 e. The van der Waals surface area contributed by atoms with Crippen LogP contribution in [0.3, 0.4) is 0 Å². The van der Waals surface area contributed by atoms with Gasteiger partial charge in [0, 0.05) is 13.1 Å². The van der Waals surface area contributed by atoms with Crippen molar-refractivity contribution in [3.63, 3.8) is 0 Å². The molecule has 5 heteroatoms. The summed E-state index contributed by atoms with van der Waals surface area (Å²) in [5.41, 5.74) is 1.05. The lowest BCUT2D eigenvalue weighted by Gasteiger charge is -2.30. The summed E-state index contributed by atoms with van der Waals surface area (Å²) in [7, 11) is -3.36. The van der Waals surface area contributed by atoms with E-state index >= 15 is 0 Å². The molecule has 0 amide bonds. The fourth-order valence-corrected chi connectivity index (χ4v) is 3.36. The molecule has 108 valence electrons. The molecule has 19 heavy (non-hydrogen) atoms. The van der Waals surface area contributed by atoms with Gasteiger partial charge >= 0.3 is 0 Å². The predicted octanol–water partition coefficient (Wildman–Crippen LogP) is 2.43. The summed E-state index contributed by atoms with van der Waals surface area (Å²) in [5.74, 6) is 0. The average Bonchev–Trinajstić information content (AvgIpc) is 2.41. The van der Waals surface area contributed by atoms with E-state index in [4.69, 9.17) is 4.74 Å². The maximum atomic E-state index is 12.3. The van der Waals surface area contributed by atoms with Gasteiger partial charge < -0.3 is 4.74 Å². The Morgan fingerprint density at radius 3 is 2.32 bits per heavy atom. The molecule has 1 aromatic carbocycles. The third-order valence-corrected chi connectivity index (χ3v) is 4.74. The molecule has 0 unspecified atom stereocenters. The standard InChI is InChI=1S/C12H17NO3S.C2H6/c1-10-3-5-12(6-4-10)17(14,15)13-7-8-16-11(2)9-13;1-2/h3-6,11H,7-9H2,1-2H3;1-2H3/t11-;/m0./s1. The van der Waals surface area contributed by atoms with Crippen LogP contribution in [-0.4, -0.2) is 38.5 Å². The molecule has 0 aliphatic carbocycles. The van der Waals surface area contributed by atoms with Gasteiger partial charge in [0.05, 0.1) is 17.6 Å². The first-order valence-electron chi connectivity index (χ1n) is 6.68. The molecule has 1 atom stereocenters. The molecular formula is C14H23NO3S. The van der Waals surface area contributed by atoms with Gasteiger partial charge in [0.25, 0.3) is 0 Å². The molecule has 0 aromatic heterocycles. The minimum absolute atomic E-state index is 0.0380. The van der Waals surface area contributed by atoms with E-state index < -0.39 is 10.0 Å². The first kappa shape index (κ1) is 16.1. The summed E-state index contributed by atoms with van der Waals surface area (Å²) in [4.78, 5) is 0.359. The third kappa shape index (κ3) is 4.03. The highest BCUT2D eigenvalue weighted by molar-refractivity contribution is 7.89. The van der Waals surface area contributed by atoms with Crippen molar-refractivity contribution in [3.8, 4) is 0 Å². The summed E-state index contributed by atoms with van der Waals surface area (Å²) in [6.07, 6.45) is -0.0380. The van der Waals surface area contributed by atoms with Crippen LogP contribution in [0.15, 0.2) is 29.2 Å². The topological polar surface area (TPSA) is 46.6 Å². The SMILES string of the molecule is CC.Cc1ccc(S(=O)(=O)N2CCO[C@@H](C)C2)cc1. The zero-order valence-electron chi connectivity index (χ0n) is 12.1. The Kier molecular flexibility index (Phi) is 5.97. The molecule has 1 aliphatic heterocycles. The summed E-state index contributed by atoms with van der Waals surface area (Å²) in [5, 5.41) is 0. The predicted molar refractivity (Wildman–Crippen MR) is 76.7 cm³/mol. The highest BCUT2D eigenvalue weighted by atomic mass is 32.2. The number of sulfonamides is 1. The van der Waals surface area contributed by atoms with Crippen LogP contribution in [0.25, 0.3) is 0 Å². The van der Waals surface area contributed by atoms with Crippen molar-refractivity contribution in [2.75, 3.05) is 19.7 Å². The van der Waals surface area contributed by atoms with E-state index in [-0.39, 0.29) is 6.10 Å². The second-order valence-electron chi connectivity index (χ2n) is 4.36. The monoisotopic (exact) mass is 285 g/mol. The first-order valence-corrected chi connectivity index (χ1v) is 8.12. The van der Waals surface area contributed by atoms with Gasteiger partial charge in [-0.1, -0.05) is 31.5 Å². The van der Waals surface area contributed by atoms with Crippen LogP contribution in [0.4, 0.5) is 0 Å². The van der Waals surface area contributed by atoms with Crippen molar-refractivity contribution in [1.29, 1.82) is 0 Å². The number of aryl methyl sites for hydroxylation is 1. The van der Waals surface area contributed by atoms with Crippen molar-refractivity contribution in [1.82, 2.24) is 4.31 Å². The van der Waals surface area contributed by atoms with Crippen LogP contribution in [0, 0.1) is 6.92 Å². The van der Waals surface area contributed by atoms with Gasteiger partial charge in [-0.15, -0.1) is 0 Å². The minimum Gasteiger partial charge on any atom is -0.376 e. The molecule has 0 N–H and O–H groups in total. The van der Waals surface area contributed by atoms with E-state index in [0.717, 1.165) is 5.56 Å². The van der Waals surface area contributed by atoms with Gasteiger partial charge in [0.1, 0.15) is 0 Å². The van der Waals surface area contributed by atoms with Gasteiger partial charge in [-0.25, -0.2) is 8.42 Å². The van der Waals surface area contributed by atoms with E-state index in [1.807, 2.05) is 39.8 Å². The fourth-order valence-electron chi connectivity index (χ4n) is 1.86. The van der Waals surface area contributed by atoms with Crippen molar-refractivity contribution >= 4 is 10.0 Å². The quantitative estimate of drug-likeness (QED) is 0.838. The van der Waals surface area contributed by atoms with E-state index in [0.29, 0.717) is 24.6 Å². The highest BCUT2D eigenvalue weighted by Crippen LogP contribution is 2.18. The second-order valence-corrected chi connectivity index (χ2v) is 6.30. The minimum atomic E-state index is -3.36. The Labute approximate surface area is 116 Å². The molecule has 0 bridgehead atoms. The number of nitrogens with zero attached hydrogens (tertiary/aromatic N) is 1. The number of hydrogen-bond acceptors (Lipinski definition) is 3. The largest absolute Gasteiger partial charge is 0.376 e. The number of benzene rings is 1. The summed E-state index contributed by atoms with van der Waals surface area (Å²) in [6.45, 7) is 9.15. The lowest BCUT2D eigenvalue weighted by atomic mass is 10.2. The zero-order chi connectivity index (χ0) is 14.5. The van der Waals surface area contributed by atoms with Crippen LogP contribution < -0.4 is 0 Å². The molecule has 1 aromatic rings. The molecule has 2 rings (SSSR count). The van der Waals surface area contributed by atoms with Gasteiger partial charge in [-0.2, -0.15) is 4.31 Å². The molecule has 1 aliphatic rings. The Morgan fingerprint density at radius 1 is 1.21 bits per heavy atom. The van der Waals surface area contributed by atoms with Crippen molar-refractivity contribution in [2.45, 2.75) is 38.7 Å². The first-order chi connectivity index (χ1) is 9.00. The Bertz CT molecular complexity index is 482. The molecule has 0 spiro atoms. The fraction of sp³-hybridized carbons (Fsp3) is 0.571. The molecule has 0 saturated carbocycles. The maximum absolute atomic E-state index is 12.3. The second kappa shape index (κ2) is 7.03. The van der Waals surface area contributed by atoms with Crippen LogP contribution in [0.2, 0.25) is 0 Å². The van der Waals surface area contributed by atoms with Gasteiger partial charge in [-0.3, -0.25) is 0 Å². The Hall–Kier alpha value is -0.910. The Balaban J connectivity index is 0.000000861. The normalized spacial score (nSPS) is 20.5. The average molecular weight is 285 g/mol. The number of ether oxygens (including phenoxy) is 1. The molecule has 1 fully saturated rings. The highest BCUT2D eigenvalue weighted by Gasteiger charge is 2.28. The number of morpholine rings is 1. The molecule has 0 radical (unpaired) electrons. The van der Waals surface area contributed by atoms with Crippen LogP contribution >= 0.6 is 0 Å². The van der Waals surface area contributed by atoms with Gasteiger partial charge in [0.2, 0.25) is 10.0 Å². The number of hydrogen-bond donors (Lipinski definition) is 0. The van der Waals surface area contributed by atoms with Crippen molar-refractivity contribution < 1.29 is 13.2 Å². The van der Waals surface area contributed by atoms with Gasteiger partial charge in [-0.05, 0) is 26.0 Å². The summed E-state index contributed by atoms with van der Waals surface area (Å²) >= 11 is 0. The molecular weight excluding hydrogens is 262 g/mol. The van der Waals surface area contributed by atoms with E-state index in [1.54, 1.807) is 12.1 Å². The summed E-state index contributed by atoms with van der Waals surface area (Å²) in [6, 6.07) is 6.95. The smallest absolute Gasteiger partial charge is 0.243 e.